The molecule has 8 nitrogen and oxygen atoms in total. The van der Waals surface area contributed by atoms with Crippen LogP contribution in [0.25, 0.3) is 0 Å². The first kappa shape index (κ1) is 23.6. The fourth-order valence-corrected chi connectivity index (χ4v) is 2.66. The molecule has 3 N–H and O–H groups in total. The molecular formula is C19H25ClF2N6O2. The number of nitrogens with zero attached hydrogens (tertiary/aromatic N) is 3. The summed E-state index contributed by atoms with van der Waals surface area (Å²) in [6.45, 7) is 4.06. The fourth-order valence-electron chi connectivity index (χ4n) is 2.45. The number of carbonyl (C=O) groups is 1. The molecule has 30 heavy (non-hydrogen) atoms. The average molecular weight is 443 g/mol. The van der Waals surface area contributed by atoms with Crippen LogP contribution in [0.5, 0.6) is 5.75 Å². The summed E-state index contributed by atoms with van der Waals surface area (Å²) in [5.74, 6) is 0.531. The van der Waals surface area contributed by atoms with Gasteiger partial charge < -0.3 is 20.3 Å². The number of alkyl halides is 2. The molecule has 164 valence electrons. The molecule has 0 aliphatic rings. The second-order valence-electron chi connectivity index (χ2n) is 6.94. The van der Waals surface area contributed by atoms with Crippen LogP contribution >= 0.6 is 11.6 Å². The predicted molar refractivity (Wildman–Crippen MR) is 114 cm³/mol. The van der Waals surface area contributed by atoms with E-state index in [0.29, 0.717) is 24.1 Å². The Hall–Kier alpha value is -2.72. The van der Waals surface area contributed by atoms with E-state index in [1.807, 2.05) is 14.1 Å². The first-order valence-electron chi connectivity index (χ1n) is 9.20. The van der Waals surface area contributed by atoms with Crippen molar-refractivity contribution in [2.45, 2.75) is 26.4 Å². The van der Waals surface area contributed by atoms with Gasteiger partial charge in [0.05, 0.1) is 5.02 Å². The number of rotatable bonds is 9. The number of aromatic nitrogens is 2. The van der Waals surface area contributed by atoms with Crippen LogP contribution < -0.4 is 20.7 Å². The molecule has 11 heteroatoms. The molecule has 0 radical (unpaired) electrons. The van der Waals surface area contributed by atoms with Crippen molar-refractivity contribution in [1.82, 2.24) is 14.9 Å². The Bertz CT molecular complexity index is 877. The number of urea groups is 1. The molecule has 1 aromatic carbocycles. The van der Waals surface area contributed by atoms with Gasteiger partial charge in [-0.15, -0.1) is 0 Å². The number of nitrogens with one attached hydrogen (secondary N) is 3. The lowest BCUT2D eigenvalue weighted by Crippen LogP contribution is -2.22. The third-order valence-corrected chi connectivity index (χ3v) is 3.94. The van der Waals surface area contributed by atoms with E-state index in [0.717, 1.165) is 19.5 Å². The van der Waals surface area contributed by atoms with Gasteiger partial charge in [0.2, 0.25) is 5.95 Å². The van der Waals surface area contributed by atoms with Crippen LogP contribution in [0.15, 0.2) is 24.3 Å². The van der Waals surface area contributed by atoms with Crippen molar-refractivity contribution >= 4 is 35.1 Å². The lowest BCUT2D eigenvalue weighted by atomic mass is 10.3. The van der Waals surface area contributed by atoms with Crippen molar-refractivity contribution in [3.8, 4) is 5.75 Å². The van der Waals surface area contributed by atoms with Crippen LogP contribution in [0.4, 0.5) is 31.0 Å². The van der Waals surface area contributed by atoms with Gasteiger partial charge >= 0.3 is 12.1 Å². The highest BCUT2D eigenvalue weighted by atomic mass is 35.5. The number of ether oxygens (including phenoxy) is 1. The smallest absolute Gasteiger partial charge is 0.394 e. The van der Waals surface area contributed by atoms with E-state index in [9.17, 15) is 13.6 Å². The Kier molecular flexibility index (Phi) is 8.13. The van der Waals surface area contributed by atoms with E-state index in [2.05, 4.69) is 35.6 Å². The minimum Gasteiger partial charge on any atom is -0.431 e. The van der Waals surface area contributed by atoms with E-state index >= 15 is 0 Å². The molecule has 1 heterocycles. The number of benzene rings is 1. The normalized spacial score (nSPS) is 11.3. The SMILES string of the molecule is Cc1cc(NCCCN(C)C)nc(NC(=O)Nc2ccc(OC(C)(F)F)c(Cl)c2)n1. The van der Waals surface area contributed by atoms with Crippen molar-refractivity contribution in [2.24, 2.45) is 0 Å². The largest absolute Gasteiger partial charge is 0.431 e. The minimum atomic E-state index is -3.36. The fraction of sp³-hybridized carbons (Fsp3) is 0.421. The van der Waals surface area contributed by atoms with Crippen LogP contribution in [0, 0.1) is 6.92 Å². The Balaban J connectivity index is 1.96. The predicted octanol–water partition coefficient (Wildman–Crippen LogP) is 4.44. The molecule has 0 fully saturated rings. The summed E-state index contributed by atoms with van der Waals surface area (Å²) in [6.07, 6.45) is -2.43. The zero-order valence-electron chi connectivity index (χ0n) is 17.2. The van der Waals surface area contributed by atoms with Gasteiger partial charge in [-0.05, 0) is 52.2 Å². The van der Waals surface area contributed by atoms with Gasteiger partial charge in [0.25, 0.3) is 0 Å². The number of carbonyl (C=O) groups excluding carboxylic acids is 1. The van der Waals surface area contributed by atoms with Crippen LogP contribution in [-0.2, 0) is 0 Å². The van der Waals surface area contributed by atoms with Crippen molar-refractivity contribution < 1.29 is 18.3 Å². The maximum Gasteiger partial charge on any atom is 0.394 e. The molecule has 2 aromatic rings. The van der Waals surface area contributed by atoms with Crippen LogP contribution in [0.3, 0.4) is 0 Å². The Morgan fingerprint density at radius 2 is 1.97 bits per heavy atom. The van der Waals surface area contributed by atoms with Gasteiger partial charge in [0.1, 0.15) is 11.6 Å². The van der Waals surface area contributed by atoms with Gasteiger partial charge in [0.15, 0.2) is 0 Å². The number of hydrogen-bond donors (Lipinski definition) is 3. The third kappa shape index (κ3) is 8.34. The van der Waals surface area contributed by atoms with E-state index < -0.39 is 12.1 Å². The molecular weight excluding hydrogens is 418 g/mol. The van der Waals surface area contributed by atoms with Gasteiger partial charge in [-0.25, -0.2) is 9.78 Å². The van der Waals surface area contributed by atoms with Crippen molar-refractivity contribution in [2.75, 3.05) is 43.1 Å². The third-order valence-electron chi connectivity index (χ3n) is 3.65. The number of aryl methyl sites for hydroxylation is 1. The van der Waals surface area contributed by atoms with E-state index in [1.54, 1.807) is 13.0 Å². The molecule has 0 aliphatic carbocycles. The summed E-state index contributed by atoms with van der Waals surface area (Å²) in [5, 5.41) is 8.21. The first-order valence-corrected chi connectivity index (χ1v) is 9.58. The second-order valence-corrected chi connectivity index (χ2v) is 7.34. The molecule has 0 saturated heterocycles. The lowest BCUT2D eigenvalue weighted by Gasteiger charge is -2.15. The number of hydrogen-bond acceptors (Lipinski definition) is 6. The molecule has 0 bridgehead atoms. The van der Waals surface area contributed by atoms with Crippen LogP contribution in [-0.4, -0.2) is 54.2 Å². The number of amides is 2. The number of halogens is 3. The van der Waals surface area contributed by atoms with Gasteiger partial charge in [-0.1, -0.05) is 11.6 Å². The molecule has 2 amide bonds. The van der Waals surface area contributed by atoms with E-state index in [-0.39, 0.29) is 16.7 Å². The molecule has 0 aliphatic heterocycles. The molecule has 0 unspecified atom stereocenters. The second kappa shape index (κ2) is 10.4. The highest BCUT2D eigenvalue weighted by Gasteiger charge is 2.24. The molecule has 1 aromatic heterocycles. The molecule has 2 rings (SSSR count). The summed E-state index contributed by atoms with van der Waals surface area (Å²) in [5.41, 5.74) is 0.972. The summed E-state index contributed by atoms with van der Waals surface area (Å²) in [6, 6.07) is 5.11. The maximum atomic E-state index is 13.0. The van der Waals surface area contributed by atoms with Crippen molar-refractivity contribution in [3.05, 3.63) is 35.0 Å². The Labute approximate surface area is 179 Å². The van der Waals surface area contributed by atoms with Crippen LogP contribution in [0.2, 0.25) is 5.02 Å². The highest BCUT2D eigenvalue weighted by Crippen LogP contribution is 2.31. The first-order chi connectivity index (χ1) is 14.0. The molecule has 0 saturated carbocycles. The average Bonchev–Trinajstić information content (AvgIpc) is 2.59. The summed E-state index contributed by atoms with van der Waals surface area (Å²) >= 11 is 5.93. The van der Waals surface area contributed by atoms with Gasteiger partial charge in [-0.2, -0.15) is 13.8 Å². The maximum absolute atomic E-state index is 13.0. The molecule has 0 atom stereocenters. The van der Waals surface area contributed by atoms with E-state index in [4.69, 9.17) is 11.6 Å². The summed E-state index contributed by atoms with van der Waals surface area (Å²) < 4.78 is 30.4. The Morgan fingerprint density at radius 1 is 1.23 bits per heavy atom. The Morgan fingerprint density at radius 3 is 2.60 bits per heavy atom. The summed E-state index contributed by atoms with van der Waals surface area (Å²) in [4.78, 5) is 22.8. The lowest BCUT2D eigenvalue weighted by molar-refractivity contribution is -0.158. The molecule has 0 spiro atoms. The van der Waals surface area contributed by atoms with Gasteiger partial charge in [0, 0.05) is 30.9 Å². The minimum absolute atomic E-state index is 0.0645. The quantitative estimate of drug-likeness (QED) is 0.497. The zero-order chi connectivity index (χ0) is 22.3. The van der Waals surface area contributed by atoms with Crippen molar-refractivity contribution in [3.63, 3.8) is 0 Å². The van der Waals surface area contributed by atoms with Gasteiger partial charge in [-0.3, -0.25) is 5.32 Å². The van der Waals surface area contributed by atoms with Crippen molar-refractivity contribution in [1.29, 1.82) is 0 Å². The number of anilines is 3. The summed E-state index contributed by atoms with van der Waals surface area (Å²) in [7, 11) is 4.00. The standard InChI is InChI=1S/C19H25ClF2N6O2/c1-12-10-16(23-8-5-9-28(3)4)26-17(24-12)27-18(29)25-13-6-7-15(14(20)11-13)30-19(2,21)22/h6-7,10-11H,5,8-9H2,1-4H3,(H3,23,24,25,26,27,29). The zero-order valence-corrected chi connectivity index (χ0v) is 18.0. The topological polar surface area (TPSA) is 91.4 Å². The monoisotopic (exact) mass is 442 g/mol. The van der Waals surface area contributed by atoms with E-state index in [1.165, 1.54) is 18.2 Å². The van der Waals surface area contributed by atoms with Crippen LogP contribution in [0.1, 0.15) is 19.0 Å². The highest BCUT2D eigenvalue weighted by molar-refractivity contribution is 6.32.